The van der Waals surface area contributed by atoms with Crippen LogP contribution in [0.2, 0.25) is 0 Å². The summed E-state index contributed by atoms with van der Waals surface area (Å²) >= 11 is 1.69. The highest BCUT2D eigenvalue weighted by atomic mass is 32.1. The molecule has 0 atom stereocenters. The van der Waals surface area contributed by atoms with E-state index in [0.717, 1.165) is 55.9 Å². The molecule has 0 spiro atoms. The number of piperidine rings is 1. The van der Waals surface area contributed by atoms with Crippen molar-refractivity contribution in [2.45, 2.75) is 51.9 Å². The number of likely N-dealkylation sites (tertiary alicyclic amines) is 1. The van der Waals surface area contributed by atoms with Crippen molar-refractivity contribution in [1.82, 2.24) is 19.7 Å². The van der Waals surface area contributed by atoms with Gasteiger partial charge < -0.3 is 9.47 Å². The van der Waals surface area contributed by atoms with Gasteiger partial charge in [0.1, 0.15) is 12.2 Å². The summed E-state index contributed by atoms with van der Waals surface area (Å²) in [4.78, 5) is 17.2. The van der Waals surface area contributed by atoms with Gasteiger partial charge in [0, 0.05) is 30.9 Å². The van der Waals surface area contributed by atoms with E-state index in [-0.39, 0.29) is 5.91 Å². The highest BCUT2D eigenvalue weighted by Gasteiger charge is 2.28. The molecule has 3 heterocycles. The number of hydrogen-bond acceptors (Lipinski definition) is 4. The van der Waals surface area contributed by atoms with E-state index in [9.17, 15) is 4.79 Å². The molecule has 0 radical (unpaired) electrons. The minimum Gasteiger partial charge on any atom is -0.338 e. The Kier molecular flexibility index (Phi) is 5.33. The van der Waals surface area contributed by atoms with E-state index < -0.39 is 0 Å². The number of carbonyl (C=O) groups excluding carboxylic acids is 1. The molecular formula is C18H26N4OS. The van der Waals surface area contributed by atoms with Gasteiger partial charge in [0.05, 0.1) is 4.88 Å². The molecular weight excluding hydrogens is 320 g/mol. The predicted octanol–water partition coefficient (Wildman–Crippen LogP) is 3.41. The van der Waals surface area contributed by atoms with Crippen LogP contribution in [0.15, 0.2) is 12.4 Å². The average Bonchev–Trinajstić information content (AvgIpc) is 3.21. The highest BCUT2D eigenvalue weighted by molar-refractivity contribution is 7.14. The van der Waals surface area contributed by atoms with Crippen molar-refractivity contribution < 1.29 is 4.79 Å². The van der Waals surface area contributed by atoms with E-state index in [2.05, 4.69) is 30.1 Å². The van der Waals surface area contributed by atoms with Crippen molar-refractivity contribution in [3.63, 3.8) is 0 Å². The van der Waals surface area contributed by atoms with Crippen LogP contribution in [0.4, 0.5) is 0 Å². The van der Waals surface area contributed by atoms with Gasteiger partial charge in [-0.15, -0.1) is 21.5 Å². The van der Waals surface area contributed by atoms with Crippen LogP contribution in [0, 0.1) is 0 Å². The molecule has 0 saturated carbocycles. The van der Waals surface area contributed by atoms with Crippen molar-refractivity contribution in [2.75, 3.05) is 13.1 Å². The maximum Gasteiger partial charge on any atom is 0.263 e. The Morgan fingerprint density at radius 1 is 1.33 bits per heavy atom. The summed E-state index contributed by atoms with van der Waals surface area (Å²) in [5.41, 5.74) is 1.35. The summed E-state index contributed by atoms with van der Waals surface area (Å²) in [6.07, 6.45) is 6.89. The number of aromatic nitrogens is 3. The predicted molar refractivity (Wildman–Crippen MR) is 96.6 cm³/mol. The van der Waals surface area contributed by atoms with Gasteiger partial charge in [-0.3, -0.25) is 4.79 Å². The second kappa shape index (κ2) is 7.47. The molecule has 0 unspecified atom stereocenters. The lowest BCUT2D eigenvalue weighted by atomic mass is 9.96. The van der Waals surface area contributed by atoms with Gasteiger partial charge in [-0.1, -0.05) is 20.3 Å². The summed E-state index contributed by atoms with van der Waals surface area (Å²) in [6, 6.07) is 2.12. The quantitative estimate of drug-likeness (QED) is 0.833. The summed E-state index contributed by atoms with van der Waals surface area (Å²) in [6.45, 7) is 5.97. The summed E-state index contributed by atoms with van der Waals surface area (Å²) in [7, 11) is 1.99. The molecule has 2 aromatic rings. The van der Waals surface area contributed by atoms with Crippen LogP contribution >= 0.6 is 11.3 Å². The summed E-state index contributed by atoms with van der Waals surface area (Å²) in [5, 5.41) is 8.20. The van der Waals surface area contributed by atoms with Crippen LogP contribution in [-0.4, -0.2) is 38.7 Å². The molecule has 5 nitrogen and oxygen atoms in total. The highest BCUT2D eigenvalue weighted by Crippen LogP contribution is 2.30. The van der Waals surface area contributed by atoms with Crippen molar-refractivity contribution in [3.8, 4) is 0 Å². The normalized spacial score (nSPS) is 15.9. The molecule has 24 heavy (non-hydrogen) atoms. The minimum atomic E-state index is 0.202. The zero-order valence-corrected chi connectivity index (χ0v) is 15.6. The zero-order chi connectivity index (χ0) is 17.1. The molecule has 3 rings (SSSR count). The van der Waals surface area contributed by atoms with Gasteiger partial charge in [-0.05, 0) is 37.3 Å². The first-order valence-corrected chi connectivity index (χ1v) is 9.70. The fourth-order valence-electron chi connectivity index (χ4n) is 3.47. The maximum atomic E-state index is 12.8. The number of thiophene rings is 1. The third-order valence-electron chi connectivity index (χ3n) is 4.86. The zero-order valence-electron chi connectivity index (χ0n) is 14.8. The van der Waals surface area contributed by atoms with Crippen LogP contribution < -0.4 is 0 Å². The Morgan fingerprint density at radius 2 is 2.08 bits per heavy atom. The van der Waals surface area contributed by atoms with E-state index in [1.165, 1.54) is 10.4 Å². The van der Waals surface area contributed by atoms with Crippen molar-refractivity contribution in [1.29, 1.82) is 0 Å². The van der Waals surface area contributed by atoms with Crippen LogP contribution in [-0.2, 0) is 19.9 Å². The molecule has 0 aliphatic carbocycles. The molecule has 0 bridgehead atoms. The Bertz CT molecular complexity index is 698. The van der Waals surface area contributed by atoms with Gasteiger partial charge in [0.15, 0.2) is 0 Å². The van der Waals surface area contributed by atoms with E-state index in [1.807, 2.05) is 16.5 Å². The lowest BCUT2D eigenvalue weighted by Gasteiger charge is -2.31. The molecule has 6 heteroatoms. The topological polar surface area (TPSA) is 51.0 Å². The lowest BCUT2D eigenvalue weighted by Crippen LogP contribution is -2.38. The van der Waals surface area contributed by atoms with Gasteiger partial charge in [0.2, 0.25) is 0 Å². The smallest absolute Gasteiger partial charge is 0.263 e. The number of hydrogen-bond donors (Lipinski definition) is 0. The van der Waals surface area contributed by atoms with Crippen LogP contribution in [0.3, 0.4) is 0 Å². The lowest BCUT2D eigenvalue weighted by molar-refractivity contribution is 0.0715. The first kappa shape index (κ1) is 17.1. The molecule has 1 fully saturated rings. The van der Waals surface area contributed by atoms with Gasteiger partial charge in [0.25, 0.3) is 5.91 Å². The fourth-order valence-corrected chi connectivity index (χ4v) is 4.79. The number of nitrogens with zero attached hydrogens (tertiary/aromatic N) is 4. The number of carbonyl (C=O) groups is 1. The van der Waals surface area contributed by atoms with Crippen LogP contribution in [0.1, 0.15) is 65.0 Å². The molecule has 0 N–H and O–H groups in total. The second-order valence-corrected chi connectivity index (χ2v) is 7.67. The van der Waals surface area contributed by atoms with E-state index in [4.69, 9.17) is 0 Å². The molecule has 0 aromatic carbocycles. The Hall–Kier alpha value is -1.69. The third kappa shape index (κ3) is 3.38. The summed E-state index contributed by atoms with van der Waals surface area (Å²) < 4.78 is 1.99. The fraction of sp³-hybridized carbons (Fsp3) is 0.611. The van der Waals surface area contributed by atoms with E-state index in [1.54, 1.807) is 17.7 Å². The van der Waals surface area contributed by atoms with Crippen LogP contribution in [0.5, 0.6) is 0 Å². The Labute approximate surface area is 147 Å². The Morgan fingerprint density at radius 3 is 2.67 bits per heavy atom. The molecule has 1 aliphatic rings. The standard InChI is InChI=1S/C18H26N4OS/c1-4-6-15-13(5-2)11-16(24-15)18(23)22-9-7-14(8-10-22)17-20-19-12-21(17)3/h11-12,14H,4-10H2,1-3H3. The van der Waals surface area contributed by atoms with Crippen molar-refractivity contribution in [3.05, 3.63) is 33.5 Å². The summed E-state index contributed by atoms with van der Waals surface area (Å²) in [5.74, 6) is 1.65. The van der Waals surface area contributed by atoms with E-state index in [0.29, 0.717) is 5.92 Å². The third-order valence-corrected chi connectivity index (χ3v) is 6.08. The molecule has 130 valence electrons. The first-order chi connectivity index (χ1) is 11.6. The minimum absolute atomic E-state index is 0.202. The number of rotatable bonds is 5. The van der Waals surface area contributed by atoms with Gasteiger partial charge >= 0.3 is 0 Å². The van der Waals surface area contributed by atoms with Crippen LogP contribution in [0.25, 0.3) is 0 Å². The van der Waals surface area contributed by atoms with E-state index >= 15 is 0 Å². The van der Waals surface area contributed by atoms with Crippen molar-refractivity contribution >= 4 is 17.2 Å². The monoisotopic (exact) mass is 346 g/mol. The SMILES string of the molecule is CCCc1sc(C(=O)N2CCC(c3nncn3C)CC2)cc1CC. The second-order valence-electron chi connectivity index (χ2n) is 6.53. The molecule has 1 saturated heterocycles. The number of aryl methyl sites for hydroxylation is 3. The molecule has 1 aliphatic heterocycles. The maximum absolute atomic E-state index is 12.8. The first-order valence-electron chi connectivity index (χ1n) is 8.88. The number of amides is 1. The van der Waals surface area contributed by atoms with Gasteiger partial charge in [-0.25, -0.2) is 0 Å². The largest absolute Gasteiger partial charge is 0.338 e. The van der Waals surface area contributed by atoms with Crippen molar-refractivity contribution in [2.24, 2.45) is 7.05 Å². The van der Waals surface area contributed by atoms with Gasteiger partial charge in [-0.2, -0.15) is 0 Å². The average molecular weight is 347 g/mol. The molecule has 1 amide bonds. The molecule has 2 aromatic heterocycles. The Balaban J connectivity index is 1.66.